The molecule has 6 heteroatoms. The van der Waals surface area contributed by atoms with E-state index in [-0.39, 0.29) is 12.7 Å². The van der Waals surface area contributed by atoms with Crippen molar-refractivity contribution in [2.75, 3.05) is 13.9 Å². The summed E-state index contributed by atoms with van der Waals surface area (Å²) in [7, 11) is 1.58. The highest BCUT2D eigenvalue weighted by Gasteiger charge is 2.49. The zero-order chi connectivity index (χ0) is 27.3. The maximum absolute atomic E-state index is 13.6. The molecule has 1 aliphatic carbocycles. The molecule has 0 aromatic heterocycles. The van der Waals surface area contributed by atoms with E-state index in [0.29, 0.717) is 45.9 Å². The second kappa shape index (κ2) is 9.43. The lowest BCUT2D eigenvalue weighted by Crippen LogP contribution is -2.29. The van der Waals surface area contributed by atoms with Crippen molar-refractivity contribution in [1.82, 2.24) is 0 Å². The maximum atomic E-state index is 13.6. The third-order valence-corrected chi connectivity index (χ3v) is 7.89. The fraction of sp³-hybridized carbons (Fsp3) is 0.147. The van der Waals surface area contributed by atoms with Gasteiger partial charge >= 0.3 is 5.97 Å². The zero-order valence-electron chi connectivity index (χ0n) is 21.8. The number of methoxy groups -OCH3 is 1. The van der Waals surface area contributed by atoms with Crippen molar-refractivity contribution >= 4 is 23.7 Å². The molecular weight excluding hydrogens is 504 g/mol. The van der Waals surface area contributed by atoms with Gasteiger partial charge in [-0.2, -0.15) is 0 Å². The van der Waals surface area contributed by atoms with Gasteiger partial charge in [-0.3, -0.25) is 0 Å². The molecule has 0 radical (unpaired) electrons. The zero-order valence-corrected chi connectivity index (χ0v) is 21.8. The molecule has 1 unspecified atom stereocenters. The van der Waals surface area contributed by atoms with E-state index in [1.165, 1.54) is 0 Å². The third-order valence-electron chi connectivity index (χ3n) is 7.89. The number of carbonyl (C=O) groups is 1. The van der Waals surface area contributed by atoms with E-state index in [1.54, 1.807) is 49.6 Å². The molecule has 7 rings (SSSR count). The molecule has 0 saturated heterocycles. The van der Waals surface area contributed by atoms with Crippen molar-refractivity contribution in [3.63, 3.8) is 0 Å². The van der Waals surface area contributed by atoms with Crippen LogP contribution < -0.4 is 14.2 Å². The Balaban J connectivity index is 1.44. The highest BCUT2D eigenvalue weighted by atomic mass is 16.7. The predicted octanol–water partition coefficient (Wildman–Crippen LogP) is 6.29. The number of aliphatic hydroxyl groups is 1. The Hall–Kier alpha value is -4.81. The van der Waals surface area contributed by atoms with Crippen LogP contribution in [0.5, 0.6) is 17.2 Å². The third kappa shape index (κ3) is 3.88. The number of cyclic esters (lactones) is 1. The van der Waals surface area contributed by atoms with Gasteiger partial charge in [-0.05, 0) is 70.6 Å². The average Bonchev–Trinajstić information content (AvgIpc) is 3.51. The van der Waals surface area contributed by atoms with E-state index in [2.05, 4.69) is 36.4 Å². The minimum absolute atomic E-state index is 0.119. The Bertz CT molecular complexity index is 1650. The predicted molar refractivity (Wildman–Crippen MR) is 151 cm³/mol. The smallest absolute Gasteiger partial charge is 0.341 e. The van der Waals surface area contributed by atoms with Gasteiger partial charge in [-0.1, -0.05) is 66.7 Å². The minimum atomic E-state index is -1.97. The second-order valence-electron chi connectivity index (χ2n) is 10.0. The summed E-state index contributed by atoms with van der Waals surface area (Å²) in [6.45, 7) is 0.119. The normalized spacial score (nSPS) is 19.2. The van der Waals surface area contributed by atoms with Crippen molar-refractivity contribution in [1.29, 1.82) is 0 Å². The van der Waals surface area contributed by atoms with Crippen molar-refractivity contribution in [3.8, 4) is 17.2 Å². The molecule has 6 nitrogen and oxygen atoms in total. The molecule has 1 N–H and O–H groups in total. The number of rotatable bonds is 5. The number of benzene rings is 4. The SMILES string of the molecule is COc1ccc(C2(O)OC(=O)C(c3ccc4c(c3)OCO4)=C2CC2c3ccccc3C=Cc3ccccc32)cc1. The molecule has 3 aliphatic rings. The fourth-order valence-electron chi connectivity index (χ4n) is 5.91. The van der Waals surface area contributed by atoms with Crippen molar-refractivity contribution in [2.24, 2.45) is 0 Å². The van der Waals surface area contributed by atoms with Crippen LogP contribution in [0.2, 0.25) is 0 Å². The number of carbonyl (C=O) groups excluding carboxylic acids is 1. The van der Waals surface area contributed by atoms with E-state index >= 15 is 0 Å². The summed E-state index contributed by atoms with van der Waals surface area (Å²) in [4.78, 5) is 13.6. The van der Waals surface area contributed by atoms with Crippen LogP contribution in [-0.4, -0.2) is 25.0 Å². The van der Waals surface area contributed by atoms with E-state index < -0.39 is 11.8 Å². The molecule has 0 fully saturated rings. The second-order valence-corrected chi connectivity index (χ2v) is 10.0. The lowest BCUT2D eigenvalue weighted by Gasteiger charge is -2.29. The first kappa shape index (κ1) is 24.2. The van der Waals surface area contributed by atoms with Gasteiger partial charge in [0.05, 0.1) is 12.7 Å². The van der Waals surface area contributed by atoms with Crippen LogP contribution >= 0.6 is 0 Å². The highest BCUT2D eigenvalue weighted by Crippen LogP contribution is 2.50. The van der Waals surface area contributed by atoms with Gasteiger partial charge in [0.25, 0.3) is 5.79 Å². The summed E-state index contributed by atoms with van der Waals surface area (Å²) in [5, 5.41) is 12.3. The Morgan fingerprint density at radius 2 is 1.50 bits per heavy atom. The van der Waals surface area contributed by atoms with Gasteiger partial charge in [0.1, 0.15) is 5.75 Å². The van der Waals surface area contributed by atoms with Crippen LogP contribution in [0.15, 0.2) is 96.6 Å². The first-order chi connectivity index (χ1) is 19.5. The first-order valence-electron chi connectivity index (χ1n) is 13.1. The van der Waals surface area contributed by atoms with Gasteiger partial charge < -0.3 is 24.1 Å². The summed E-state index contributed by atoms with van der Waals surface area (Å²) in [6.07, 6.45) is 4.58. The lowest BCUT2D eigenvalue weighted by molar-refractivity contribution is -0.185. The monoisotopic (exact) mass is 530 g/mol. The van der Waals surface area contributed by atoms with Crippen LogP contribution in [-0.2, 0) is 15.3 Å². The van der Waals surface area contributed by atoms with Crippen molar-refractivity contribution < 1.29 is 28.8 Å². The van der Waals surface area contributed by atoms with Crippen molar-refractivity contribution in [2.45, 2.75) is 18.1 Å². The molecule has 0 spiro atoms. The summed E-state index contributed by atoms with van der Waals surface area (Å²) < 4.78 is 22.3. The van der Waals surface area contributed by atoms with Gasteiger partial charge in [-0.15, -0.1) is 0 Å². The van der Waals surface area contributed by atoms with Crippen LogP contribution in [0, 0.1) is 0 Å². The molecule has 4 aromatic rings. The minimum Gasteiger partial charge on any atom is -0.497 e. The van der Waals surface area contributed by atoms with Crippen molar-refractivity contribution in [3.05, 3.63) is 130 Å². The standard InChI is InChI=1S/C34H26O6/c1-37-25-15-13-24(14-16-25)34(36)29(32(33(35)40-34)23-12-17-30-31(18-23)39-20-38-30)19-28-26-8-4-2-6-21(26)10-11-22-7-3-5-9-27(22)28/h2-18,28,36H,19-20H2,1H3. The summed E-state index contributed by atoms with van der Waals surface area (Å²) in [5.41, 5.74) is 6.25. The van der Waals surface area contributed by atoms with E-state index in [9.17, 15) is 9.90 Å². The van der Waals surface area contributed by atoms with Crippen LogP contribution in [0.25, 0.3) is 17.7 Å². The Morgan fingerprint density at radius 3 is 2.17 bits per heavy atom. The van der Waals surface area contributed by atoms with Gasteiger partial charge in [0, 0.05) is 17.1 Å². The Kier molecular flexibility index (Phi) is 5.72. The van der Waals surface area contributed by atoms with Gasteiger partial charge in [0.2, 0.25) is 6.79 Å². The molecule has 2 aliphatic heterocycles. The average molecular weight is 531 g/mol. The number of fused-ring (bicyclic) bond motifs is 3. The molecule has 0 saturated carbocycles. The summed E-state index contributed by atoms with van der Waals surface area (Å²) >= 11 is 0. The number of hydrogen-bond acceptors (Lipinski definition) is 6. The van der Waals surface area contributed by atoms with Crippen LogP contribution in [0.1, 0.15) is 45.7 Å². The molecule has 198 valence electrons. The molecule has 40 heavy (non-hydrogen) atoms. The fourth-order valence-corrected chi connectivity index (χ4v) is 5.91. The molecular formula is C34H26O6. The first-order valence-corrected chi connectivity index (χ1v) is 13.1. The largest absolute Gasteiger partial charge is 0.497 e. The summed E-state index contributed by atoms with van der Waals surface area (Å²) in [6, 6.07) is 28.8. The van der Waals surface area contributed by atoms with Crippen LogP contribution in [0.4, 0.5) is 0 Å². The van der Waals surface area contributed by atoms with E-state index in [1.807, 2.05) is 24.3 Å². The number of esters is 1. The highest BCUT2D eigenvalue weighted by molar-refractivity contribution is 6.20. The van der Waals surface area contributed by atoms with E-state index in [0.717, 1.165) is 22.3 Å². The van der Waals surface area contributed by atoms with Crippen LogP contribution in [0.3, 0.4) is 0 Å². The maximum Gasteiger partial charge on any atom is 0.341 e. The van der Waals surface area contributed by atoms with Gasteiger partial charge in [0.15, 0.2) is 11.5 Å². The number of hydrogen-bond donors (Lipinski definition) is 1. The Morgan fingerprint density at radius 1 is 0.850 bits per heavy atom. The Labute approximate surface area is 231 Å². The molecule has 2 heterocycles. The lowest BCUT2D eigenvalue weighted by atomic mass is 9.79. The van der Waals surface area contributed by atoms with E-state index in [4.69, 9.17) is 18.9 Å². The molecule has 4 aromatic carbocycles. The molecule has 0 amide bonds. The molecule has 0 bridgehead atoms. The quantitative estimate of drug-likeness (QED) is 0.306. The van der Waals surface area contributed by atoms with Gasteiger partial charge in [-0.25, -0.2) is 4.79 Å². The number of ether oxygens (including phenoxy) is 4. The molecule has 1 atom stereocenters. The summed E-state index contributed by atoms with van der Waals surface area (Å²) in [5.74, 6) is -0.928. The topological polar surface area (TPSA) is 74.2 Å².